The molecule has 2 aromatic rings. The molecule has 4 heteroatoms. The highest BCUT2D eigenvalue weighted by Gasteiger charge is 2.06. The molecule has 20 heavy (non-hydrogen) atoms. The van der Waals surface area contributed by atoms with Crippen LogP contribution in [0.5, 0.6) is 0 Å². The third-order valence-corrected chi connectivity index (χ3v) is 2.78. The van der Waals surface area contributed by atoms with Crippen molar-refractivity contribution in [2.24, 2.45) is 5.10 Å². The summed E-state index contributed by atoms with van der Waals surface area (Å²) in [4.78, 5) is 15.9. The molecule has 0 aliphatic carbocycles. The fourth-order valence-electron chi connectivity index (χ4n) is 1.80. The Hall–Kier alpha value is -2.49. The van der Waals surface area contributed by atoms with E-state index >= 15 is 0 Å². The predicted molar refractivity (Wildman–Crippen MR) is 79.6 cm³/mol. The number of nitrogens with zero attached hydrogens (tertiary/aromatic N) is 2. The maximum Gasteiger partial charge on any atom is 0.289 e. The largest absolute Gasteiger partial charge is 0.289 e. The molecule has 0 fully saturated rings. The first-order valence-corrected chi connectivity index (χ1v) is 6.64. The van der Waals surface area contributed by atoms with Crippen LogP contribution in [-0.4, -0.2) is 16.6 Å². The molecule has 0 aliphatic heterocycles. The van der Waals surface area contributed by atoms with E-state index in [1.807, 2.05) is 30.3 Å². The lowest BCUT2D eigenvalue weighted by molar-refractivity contribution is 0.0950. The second-order valence-corrected chi connectivity index (χ2v) is 4.33. The number of benzene rings is 1. The zero-order valence-electron chi connectivity index (χ0n) is 11.4. The maximum absolute atomic E-state index is 11.9. The molecule has 0 saturated heterocycles. The van der Waals surface area contributed by atoms with Crippen LogP contribution >= 0.6 is 0 Å². The van der Waals surface area contributed by atoms with E-state index in [1.54, 1.807) is 24.4 Å². The van der Waals surface area contributed by atoms with E-state index in [2.05, 4.69) is 22.4 Å². The van der Waals surface area contributed by atoms with Gasteiger partial charge in [0.05, 0.1) is 5.71 Å². The fourth-order valence-corrected chi connectivity index (χ4v) is 1.80. The fraction of sp³-hybridized carbons (Fsp3) is 0.188. The summed E-state index contributed by atoms with van der Waals surface area (Å²) in [7, 11) is 0. The minimum Gasteiger partial charge on any atom is -0.266 e. The predicted octanol–water partition coefficient (Wildman–Crippen LogP) is 3.02. The van der Waals surface area contributed by atoms with Gasteiger partial charge in [-0.3, -0.25) is 9.78 Å². The molecule has 1 aromatic carbocycles. The Labute approximate surface area is 118 Å². The molecule has 1 heterocycles. The first kappa shape index (κ1) is 13.9. The van der Waals surface area contributed by atoms with Gasteiger partial charge in [-0.05, 0) is 24.1 Å². The molecule has 0 saturated carbocycles. The highest BCUT2D eigenvalue weighted by atomic mass is 16.2. The van der Waals surface area contributed by atoms with Gasteiger partial charge in [0.15, 0.2) is 0 Å². The summed E-state index contributed by atoms with van der Waals surface area (Å²) in [5, 5.41) is 4.24. The Morgan fingerprint density at radius 3 is 2.55 bits per heavy atom. The molecule has 0 bridgehead atoms. The van der Waals surface area contributed by atoms with Crippen LogP contribution in [0, 0.1) is 0 Å². The quantitative estimate of drug-likeness (QED) is 0.668. The van der Waals surface area contributed by atoms with Gasteiger partial charge >= 0.3 is 0 Å². The van der Waals surface area contributed by atoms with Crippen molar-refractivity contribution in [2.75, 3.05) is 0 Å². The molecule has 0 aliphatic rings. The second-order valence-electron chi connectivity index (χ2n) is 4.33. The van der Waals surface area contributed by atoms with Crippen molar-refractivity contribution in [3.8, 4) is 0 Å². The summed E-state index contributed by atoms with van der Waals surface area (Å²) in [5.74, 6) is -0.296. The third kappa shape index (κ3) is 3.75. The minimum atomic E-state index is -0.296. The zero-order chi connectivity index (χ0) is 14.2. The maximum atomic E-state index is 11.9. The monoisotopic (exact) mass is 267 g/mol. The van der Waals surface area contributed by atoms with E-state index in [1.165, 1.54) is 0 Å². The van der Waals surface area contributed by atoms with E-state index in [9.17, 15) is 4.79 Å². The molecule has 0 unspecified atom stereocenters. The van der Waals surface area contributed by atoms with E-state index in [0.717, 1.165) is 24.1 Å². The summed E-state index contributed by atoms with van der Waals surface area (Å²) in [5.41, 5.74) is 4.83. The topological polar surface area (TPSA) is 54.4 Å². The van der Waals surface area contributed by atoms with Gasteiger partial charge in [0.25, 0.3) is 5.91 Å². The Morgan fingerprint density at radius 1 is 1.15 bits per heavy atom. The van der Waals surface area contributed by atoms with Gasteiger partial charge < -0.3 is 0 Å². The number of nitrogens with one attached hydrogen (secondary N) is 1. The number of pyridine rings is 1. The summed E-state index contributed by atoms with van der Waals surface area (Å²) >= 11 is 0. The van der Waals surface area contributed by atoms with E-state index in [0.29, 0.717) is 5.69 Å². The standard InChI is InChI=1S/C16H17N3O/c1-2-8-14(13-9-4-3-5-10-13)18-19-16(20)15-11-6-7-12-17-15/h3-7,9-12H,2,8H2,1H3,(H,19,20)/b18-14-. The Balaban J connectivity index is 2.12. The van der Waals surface area contributed by atoms with Crippen LogP contribution in [0.25, 0.3) is 0 Å². The number of carbonyl (C=O) groups is 1. The number of hydrazone groups is 1. The van der Waals surface area contributed by atoms with Gasteiger partial charge in [-0.2, -0.15) is 5.10 Å². The molecule has 0 atom stereocenters. The van der Waals surface area contributed by atoms with Gasteiger partial charge in [0.1, 0.15) is 5.69 Å². The Bertz CT molecular complexity index is 579. The van der Waals surface area contributed by atoms with Crippen LogP contribution in [0.4, 0.5) is 0 Å². The summed E-state index contributed by atoms with van der Waals surface area (Å²) in [6.45, 7) is 2.08. The van der Waals surface area contributed by atoms with Crippen LogP contribution in [-0.2, 0) is 0 Å². The Morgan fingerprint density at radius 2 is 1.90 bits per heavy atom. The lowest BCUT2D eigenvalue weighted by atomic mass is 10.1. The van der Waals surface area contributed by atoms with E-state index in [4.69, 9.17) is 0 Å². The molecule has 2 rings (SSSR count). The zero-order valence-corrected chi connectivity index (χ0v) is 11.4. The molecular weight excluding hydrogens is 250 g/mol. The highest BCUT2D eigenvalue weighted by Crippen LogP contribution is 2.06. The minimum absolute atomic E-state index is 0.296. The lowest BCUT2D eigenvalue weighted by Crippen LogP contribution is -2.21. The van der Waals surface area contributed by atoms with Gasteiger partial charge in [-0.1, -0.05) is 49.7 Å². The normalized spacial score (nSPS) is 11.2. The van der Waals surface area contributed by atoms with Gasteiger partial charge in [0, 0.05) is 6.20 Å². The number of rotatable bonds is 5. The van der Waals surface area contributed by atoms with Gasteiger partial charge in [-0.15, -0.1) is 0 Å². The molecule has 102 valence electrons. The molecule has 1 amide bonds. The van der Waals surface area contributed by atoms with Crippen molar-refractivity contribution in [3.05, 3.63) is 66.0 Å². The van der Waals surface area contributed by atoms with Crippen LogP contribution in [0.15, 0.2) is 59.8 Å². The van der Waals surface area contributed by atoms with Crippen LogP contribution in [0.3, 0.4) is 0 Å². The average Bonchev–Trinajstić information content (AvgIpc) is 2.53. The molecule has 0 radical (unpaired) electrons. The Kier molecular flexibility index (Phi) is 5.00. The first-order chi connectivity index (χ1) is 9.81. The number of hydrogen-bond donors (Lipinski definition) is 1. The van der Waals surface area contributed by atoms with Crippen molar-refractivity contribution in [2.45, 2.75) is 19.8 Å². The first-order valence-electron chi connectivity index (χ1n) is 6.64. The van der Waals surface area contributed by atoms with Crippen molar-refractivity contribution in [3.63, 3.8) is 0 Å². The lowest BCUT2D eigenvalue weighted by Gasteiger charge is -2.06. The summed E-state index contributed by atoms with van der Waals surface area (Å²) in [6, 6.07) is 15.1. The van der Waals surface area contributed by atoms with E-state index in [-0.39, 0.29) is 5.91 Å². The highest BCUT2D eigenvalue weighted by molar-refractivity contribution is 6.01. The van der Waals surface area contributed by atoms with E-state index < -0.39 is 0 Å². The van der Waals surface area contributed by atoms with Crippen LogP contribution in [0.2, 0.25) is 0 Å². The molecular formula is C16H17N3O. The molecule has 1 aromatic heterocycles. The average molecular weight is 267 g/mol. The summed E-state index contributed by atoms with van der Waals surface area (Å²) < 4.78 is 0. The van der Waals surface area contributed by atoms with Gasteiger partial charge in [0.2, 0.25) is 0 Å². The molecule has 4 nitrogen and oxygen atoms in total. The van der Waals surface area contributed by atoms with Crippen molar-refractivity contribution < 1.29 is 4.79 Å². The number of aromatic nitrogens is 1. The smallest absolute Gasteiger partial charge is 0.266 e. The van der Waals surface area contributed by atoms with Crippen molar-refractivity contribution in [1.29, 1.82) is 0 Å². The van der Waals surface area contributed by atoms with Crippen LogP contribution in [0.1, 0.15) is 35.8 Å². The van der Waals surface area contributed by atoms with Gasteiger partial charge in [-0.25, -0.2) is 5.43 Å². The molecule has 0 spiro atoms. The number of carbonyl (C=O) groups excluding carboxylic acids is 1. The van der Waals surface area contributed by atoms with Crippen molar-refractivity contribution >= 4 is 11.6 Å². The second kappa shape index (κ2) is 7.19. The third-order valence-electron chi connectivity index (χ3n) is 2.78. The van der Waals surface area contributed by atoms with Crippen LogP contribution < -0.4 is 5.43 Å². The van der Waals surface area contributed by atoms with Crippen molar-refractivity contribution in [1.82, 2.24) is 10.4 Å². The SMILES string of the molecule is CCC/C(=N/NC(=O)c1ccccn1)c1ccccc1. The molecule has 1 N–H and O–H groups in total. The number of hydrogen-bond acceptors (Lipinski definition) is 3. The number of amides is 1. The summed E-state index contributed by atoms with van der Waals surface area (Å²) in [6.07, 6.45) is 3.36.